The molecular weight excluding hydrogens is 228 g/mol. The summed E-state index contributed by atoms with van der Waals surface area (Å²) in [7, 11) is 1.54. The summed E-state index contributed by atoms with van der Waals surface area (Å²) in [5.74, 6) is 0. The first-order chi connectivity index (χ1) is 5.57. The molecule has 0 aliphatic carbocycles. The van der Waals surface area contributed by atoms with Gasteiger partial charge in [0.25, 0.3) is 0 Å². The lowest BCUT2D eigenvalue weighted by Crippen LogP contribution is -2.54. The van der Waals surface area contributed by atoms with Crippen molar-refractivity contribution in [2.45, 2.75) is 36.4 Å². The highest BCUT2D eigenvalue weighted by molar-refractivity contribution is 9.09. The van der Waals surface area contributed by atoms with Crippen LogP contribution < -0.4 is 0 Å². The minimum Gasteiger partial charge on any atom is -0.387 e. The van der Waals surface area contributed by atoms with Gasteiger partial charge in [0.15, 0.2) is 6.29 Å². The van der Waals surface area contributed by atoms with E-state index in [9.17, 15) is 10.2 Å². The van der Waals surface area contributed by atoms with Gasteiger partial charge in [0, 0.05) is 7.11 Å². The molecule has 0 bridgehead atoms. The van der Waals surface area contributed by atoms with Crippen LogP contribution in [0.1, 0.15) is 6.92 Å². The molecule has 1 heterocycles. The first-order valence-electron chi connectivity index (χ1n) is 3.76. The van der Waals surface area contributed by atoms with E-state index in [1.54, 1.807) is 14.0 Å². The van der Waals surface area contributed by atoms with Gasteiger partial charge < -0.3 is 19.7 Å². The average Bonchev–Trinajstić information content (AvgIpc) is 2.01. The lowest BCUT2D eigenvalue weighted by Gasteiger charge is -2.38. The zero-order valence-electron chi connectivity index (χ0n) is 6.98. The van der Waals surface area contributed by atoms with Crippen molar-refractivity contribution in [2.24, 2.45) is 0 Å². The van der Waals surface area contributed by atoms with Crippen molar-refractivity contribution in [1.82, 2.24) is 0 Å². The van der Waals surface area contributed by atoms with Crippen LogP contribution in [0.4, 0.5) is 0 Å². The van der Waals surface area contributed by atoms with Gasteiger partial charge in [0.2, 0.25) is 0 Å². The molecular formula is C7H13BrO4. The molecule has 4 nitrogen and oxygen atoms in total. The summed E-state index contributed by atoms with van der Waals surface area (Å²) in [5, 5.41) is 18.5. The predicted octanol–water partition coefficient (Wildman–Crippen LogP) is -0.137. The number of methoxy groups -OCH3 is 1. The Labute approximate surface area is 79.6 Å². The maximum atomic E-state index is 9.36. The third-order valence-electron chi connectivity index (χ3n) is 2.02. The SMILES string of the molecule is CO[C@H]1[C@H](Br)[C@@H](O)[C@@H](O)O[C@@H]1C. The Morgan fingerprint density at radius 1 is 1.42 bits per heavy atom. The van der Waals surface area contributed by atoms with Gasteiger partial charge in [-0.15, -0.1) is 0 Å². The van der Waals surface area contributed by atoms with Crippen LogP contribution in [0.25, 0.3) is 0 Å². The molecule has 1 rings (SSSR count). The molecule has 72 valence electrons. The zero-order chi connectivity index (χ0) is 9.30. The highest BCUT2D eigenvalue weighted by atomic mass is 79.9. The summed E-state index contributed by atoms with van der Waals surface area (Å²) in [6, 6.07) is 0. The Balaban J connectivity index is 2.65. The summed E-state index contributed by atoms with van der Waals surface area (Å²) in [6.45, 7) is 1.79. The van der Waals surface area contributed by atoms with Crippen LogP contribution >= 0.6 is 15.9 Å². The maximum Gasteiger partial charge on any atom is 0.182 e. The lowest BCUT2D eigenvalue weighted by atomic mass is 10.0. The number of halogens is 1. The van der Waals surface area contributed by atoms with Crippen LogP contribution in [0.2, 0.25) is 0 Å². The Bertz CT molecular complexity index is 154. The molecule has 5 atom stereocenters. The third-order valence-corrected chi connectivity index (χ3v) is 3.08. The molecule has 0 aromatic rings. The second-order valence-corrected chi connectivity index (χ2v) is 3.92. The second kappa shape index (κ2) is 4.02. The van der Waals surface area contributed by atoms with E-state index < -0.39 is 12.4 Å². The van der Waals surface area contributed by atoms with Crippen molar-refractivity contribution < 1.29 is 19.7 Å². The van der Waals surface area contributed by atoms with Crippen LogP contribution in [0, 0.1) is 0 Å². The largest absolute Gasteiger partial charge is 0.387 e. The predicted molar refractivity (Wildman–Crippen MR) is 46.1 cm³/mol. The second-order valence-electron chi connectivity index (χ2n) is 2.87. The van der Waals surface area contributed by atoms with E-state index in [1.807, 2.05) is 0 Å². The minimum atomic E-state index is -1.13. The number of alkyl halides is 1. The summed E-state index contributed by atoms with van der Waals surface area (Å²) in [4.78, 5) is -0.291. The van der Waals surface area contributed by atoms with Crippen molar-refractivity contribution in [3.63, 3.8) is 0 Å². The van der Waals surface area contributed by atoms with E-state index in [0.29, 0.717) is 0 Å². The Morgan fingerprint density at radius 3 is 2.50 bits per heavy atom. The van der Waals surface area contributed by atoms with Crippen molar-refractivity contribution in [2.75, 3.05) is 7.11 Å². The van der Waals surface area contributed by atoms with E-state index >= 15 is 0 Å². The Kier molecular flexibility index (Phi) is 3.48. The maximum absolute atomic E-state index is 9.36. The standard InChI is InChI=1S/C7H13BrO4/c1-3-6(11-2)4(8)5(9)7(10)12-3/h3-7,9-10H,1-2H3/t3-,4-,5-,6-,7+/m1/s1. The van der Waals surface area contributed by atoms with E-state index in [1.165, 1.54) is 0 Å². The lowest BCUT2D eigenvalue weighted by molar-refractivity contribution is -0.240. The molecule has 1 aliphatic rings. The molecule has 1 fully saturated rings. The third kappa shape index (κ3) is 1.80. The number of ether oxygens (including phenoxy) is 2. The van der Waals surface area contributed by atoms with Gasteiger partial charge >= 0.3 is 0 Å². The zero-order valence-corrected chi connectivity index (χ0v) is 8.56. The van der Waals surface area contributed by atoms with Crippen LogP contribution in [0.3, 0.4) is 0 Å². The number of hydrogen-bond donors (Lipinski definition) is 2. The fraction of sp³-hybridized carbons (Fsp3) is 1.00. The van der Waals surface area contributed by atoms with Gasteiger partial charge in [-0.1, -0.05) is 15.9 Å². The Hall–Kier alpha value is 0.320. The highest BCUT2D eigenvalue weighted by Crippen LogP contribution is 2.26. The van der Waals surface area contributed by atoms with Crippen molar-refractivity contribution >= 4 is 15.9 Å². The summed E-state index contributed by atoms with van der Waals surface area (Å²) < 4.78 is 10.1. The van der Waals surface area contributed by atoms with Crippen molar-refractivity contribution in [1.29, 1.82) is 0 Å². The number of aliphatic hydroxyl groups excluding tert-OH is 2. The molecule has 0 unspecified atom stereocenters. The monoisotopic (exact) mass is 240 g/mol. The van der Waals surface area contributed by atoms with E-state index in [2.05, 4.69) is 15.9 Å². The molecule has 1 saturated heterocycles. The first-order valence-corrected chi connectivity index (χ1v) is 4.68. The van der Waals surface area contributed by atoms with Crippen molar-refractivity contribution in [3.05, 3.63) is 0 Å². The number of hydrogen-bond acceptors (Lipinski definition) is 4. The average molecular weight is 241 g/mol. The van der Waals surface area contributed by atoms with E-state index in [0.717, 1.165) is 0 Å². The normalized spacial score (nSPS) is 49.2. The Morgan fingerprint density at radius 2 is 2.00 bits per heavy atom. The van der Waals surface area contributed by atoms with E-state index in [4.69, 9.17) is 9.47 Å². The molecule has 1 aliphatic heterocycles. The quantitative estimate of drug-likeness (QED) is 0.627. The van der Waals surface area contributed by atoms with Crippen LogP contribution in [0.5, 0.6) is 0 Å². The molecule has 0 radical (unpaired) electrons. The van der Waals surface area contributed by atoms with Gasteiger partial charge in [0.05, 0.1) is 17.0 Å². The van der Waals surface area contributed by atoms with Gasteiger partial charge in [0.1, 0.15) is 6.10 Å². The van der Waals surface area contributed by atoms with Gasteiger partial charge in [-0.05, 0) is 6.92 Å². The van der Waals surface area contributed by atoms with E-state index in [-0.39, 0.29) is 17.0 Å². The minimum absolute atomic E-state index is 0.224. The fourth-order valence-corrected chi connectivity index (χ4v) is 2.22. The van der Waals surface area contributed by atoms with Crippen LogP contribution in [0.15, 0.2) is 0 Å². The molecule has 0 amide bonds. The molecule has 0 aromatic carbocycles. The number of aliphatic hydroxyl groups is 2. The summed E-state index contributed by atoms with van der Waals surface area (Å²) >= 11 is 3.25. The number of rotatable bonds is 1. The van der Waals surface area contributed by atoms with Gasteiger partial charge in [-0.3, -0.25) is 0 Å². The summed E-state index contributed by atoms with van der Waals surface area (Å²) in [6.07, 6.45) is -2.52. The highest BCUT2D eigenvalue weighted by Gasteiger charge is 2.41. The topological polar surface area (TPSA) is 58.9 Å². The molecule has 0 saturated carbocycles. The molecule has 12 heavy (non-hydrogen) atoms. The molecule has 5 heteroatoms. The smallest absolute Gasteiger partial charge is 0.182 e. The fourth-order valence-electron chi connectivity index (χ4n) is 1.31. The van der Waals surface area contributed by atoms with Crippen LogP contribution in [-0.2, 0) is 9.47 Å². The summed E-state index contributed by atoms with van der Waals surface area (Å²) in [5.41, 5.74) is 0. The molecule has 0 spiro atoms. The molecule has 2 N–H and O–H groups in total. The van der Waals surface area contributed by atoms with Crippen molar-refractivity contribution in [3.8, 4) is 0 Å². The van der Waals surface area contributed by atoms with Crippen LogP contribution in [-0.4, -0.2) is 46.8 Å². The van der Waals surface area contributed by atoms with Gasteiger partial charge in [-0.25, -0.2) is 0 Å². The first kappa shape index (κ1) is 10.4. The molecule has 0 aromatic heterocycles. The van der Waals surface area contributed by atoms with Gasteiger partial charge in [-0.2, -0.15) is 0 Å².